The van der Waals surface area contributed by atoms with Crippen LogP contribution in [0.5, 0.6) is 0 Å². The van der Waals surface area contributed by atoms with E-state index in [4.69, 9.17) is 4.74 Å². The van der Waals surface area contributed by atoms with Gasteiger partial charge < -0.3 is 14.4 Å². The first-order valence-electron chi connectivity index (χ1n) is 5.08. The highest BCUT2D eigenvalue weighted by molar-refractivity contribution is 5.81. The molecule has 1 amide bonds. The lowest BCUT2D eigenvalue weighted by molar-refractivity contribution is -0.143. The van der Waals surface area contributed by atoms with Gasteiger partial charge in [0, 0.05) is 20.2 Å². The summed E-state index contributed by atoms with van der Waals surface area (Å²) in [5.41, 5.74) is 0. The van der Waals surface area contributed by atoms with Crippen LogP contribution in [0.1, 0.15) is 19.3 Å². The maximum Gasteiger partial charge on any atom is 0.307 e. The van der Waals surface area contributed by atoms with Gasteiger partial charge in [-0.15, -0.1) is 0 Å². The molecule has 1 heterocycles. The van der Waals surface area contributed by atoms with Crippen molar-refractivity contribution in [3.63, 3.8) is 0 Å². The minimum Gasteiger partial charge on any atom is -0.469 e. The zero-order valence-corrected chi connectivity index (χ0v) is 9.19. The summed E-state index contributed by atoms with van der Waals surface area (Å²) < 4.78 is 9.76. The lowest BCUT2D eigenvalue weighted by atomic mass is 10.2. The molecule has 1 aliphatic rings. The molecule has 1 aliphatic heterocycles. The maximum atomic E-state index is 11.7. The van der Waals surface area contributed by atoms with Gasteiger partial charge in [-0.1, -0.05) is 0 Å². The van der Waals surface area contributed by atoms with Gasteiger partial charge in [-0.05, 0) is 12.8 Å². The Kier molecular flexibility index (Phi) is 4.55. The number of ether oxygens (including phenoxy) is 2. The van der Waals surface area contributed by atoms with E-state index >= 15 is 0 Å². The van der Waals surface area contributed by atoms with Gasteiger partial charge in [-0.3, -0.25) is 9.59 Å². The molecule has 1 fully saturated rings. The first kappa shape index (κ1) is 12.0. The largest absolute Gasteiger partial charge is 0.469 e. The number of amides is 1. The van der Waals surface area contributed by atoms with Crippen LogP contribution in [0.2, 0.25) is 0 Å². The lowest BCUT2D eigenvalue weighted by Crippen LogP contribution is -2.37. The van der Waals surface area contributed by atoms with Gasteiger partial charge in [-0.25, -0.2) is 0 Å². The predicted molar refractivity (Wildman–Crippen MR) is 53.2 cm³/mol. The number of carbonyl (C=O) groups is 2. The topological polar surface area (TPSA) is 55.8 Å². The van der Waals surface area contributed by atoms with Crippen LogP contribution in [0.15, 0.2) is 0 Å². The van der Waals surface area contributed by atoms with E-state index in [9.17, 15) is 9.59 Å². The van der Waals surface area contributed by atoms with Crippen molar-refractivity contribution in [1.82, 2.24) is 4.90 Å². The first-order valence-corrected chi connectivity index (χ1v) is 5.08. The molecule has 0 spiro atoms. The number of hydrogen-bond donors (Lipinski definition) is 0. The van der Waals surface area contributed by atoms with Gasteiger partial charge in [-0.2, -0.15) is 0 Å². The molecule has 0 N–H and O–H groups in total. The van der Waals surface area contributed by atoms with Crippen molar-refractivity contribution in [2.75, 3.05) is 27.3 Å². The Morgan fingerprint density at radius 1 is 1.53 bits per heavy atom. The molecule has 5 nitrogen and oxygen atoms in total. The SMILES string of the molecule is COC(=O)CCN(C)C(=O)C1CCCO1. The van der Waals surface area contributed by atoms with E-state index in [1.807, 2.05) is 0 Å². The molecule has 5 heteroatoms. The summed E-state index contributed by atoms with van der Waals surface area (Å²) in [4.78, 5) is 24.1. The molecule has 0 bridgehead atoms. The molecule has 0 saturated carbocycles. The van der Waals surface area contributed by atoms with Gasteiger partial charge in [0.1, 0.15) is 6.10 Å². The van der Waals surface area contributed by atoms with Gasteiger partial charge >= 0.3 is 5.97 Å². The Morgan fingerprint density at radius 3 is 2.80 bits per heavy atom. The van der Waals surface area contributed by atoms with Crippen LogP contribution in [0, 0.1) is 0 Å². The van der Waals surface area contributed by atoms with Crippen LogP contribution in [-0.2, 0) is 19.1 Å². The second-order valence-corrected chi connectivity index (χ2v) is 3.59. The molecule has 0 aromatic rings. The predicted octanol–water partition coefficient (Wildman–Crippen LogP) is 0.187. The summed E-state index contributed by atoms with van der Waals surface area (Å²) in [5.74, 6) is -0.349. The summed E-state index contributed by atoms with van der Waals surface area (Å²) in [6, 6.07) is 0. The Hall–Kier alpha value is -1.10. The molecular formula is C10H17NO4. The lowest BCUT2D eigenvalue weighted by Gasteiger charge is -2.19. The van der Waals surface area contributed by atoms with Crippen LogP contribution in [-0.4, -0.2) is 50.2 Å². The fourth-order valence-electron chi connectivity index (χ4n) is 1.49. The molecular weight excluding hydrogens is 198 g/mol. The number of nitrogens with zero attached hydrogens (tertiary/aromatic N) is 1. The van der Waals surface area contributed by atoms with E-state index in [1.165, 1.54) is 12.0 Å². The zero-order chi connectivity index (χ0) is 11.3. The van der Waals surface area contributed by atoms with Crippen LogP contribution < -0.4 is 0 Å². The molecule has 1 unspecified atom stereocenters. The van der Waals surface area contributed by atoms with E-state index in [0.29, 0.717) is 13.2 Å². The fourth-order valence-corrected chi connectivity index (χ4v) is 1.49. The molecule has 0 radical (unpaired) electrons. The minimum atomic E-state index is -0.312. The van der Waals surface area contributed by atoms with Crippen LogP contribution >= 0.6 is 0 Å². The molecule has 1 rings (SSSR count). The summed E-state index contributed by atoms with van der Waals surface area (Å²) in [5, 5.41) is 0. The fraction of sp³-hybridized carbons (Fsp3) is 0.800. The van der Waals surface area contributed by atoms with Gasteiger partial charge in [0.2, 0.25) is 0 Å². The standard InChI is InChI=1S/C10H17NO4/c1-11(6-5-9(12)14-2)10(13)8-4-3-7-15-8/h8H,3-7H2,1-2H3. The number of carbonyl (C=O) groups excluding carboxylic acids is 2. The van der Waals surface area contributed by atoms with Crippen molar-refractivity contribution in [1.29, 1.82) is 0 Å². The third kappa shape index (κ3) is 3.51. The maximum absolute atomic E-state index is 11.7. The smallest absolute Gasteiger partial charge is 0.307 e. The molecule has 0 aliphatic carbocycles. The van der Waals surface area contributed by atoms with E-state index < -0.39 is 0 Å². The third-order valence-corrected chi connectivity index (χ3v) is 2.46. The Balaban J connectivity index is 2.29. The van der Waals surface area contributed by atoms with Gasteiger partial charge in [0.05, 0.1) is 13.5 Å². The van der Waals surface area contributed by atoms with Crippen molar-refractivity contribution in [2.24, 2.45) is 0 Å². The van der Waals surface area contributed by atoms with Crippen molar-refractivity contribution < 1.29 is 19.1 Å². The highest BCUT2D eigenvalue weighted by atomic mass is 16.5. The molecule has 0 aromatic heterocycles. The quantitative estimate of drug-likeness (QED) is 0.628. The Morgan fingerprint density at radius 2 is 2.27 bits per heavy atom. The molecule has 1 atom stereocenters. The summed E-state index contributed by atoms with van der Waals surface area (Å²) in [6.45, 7) is 1.03. The number of rotatable bonds is 4. The highest BCUT2D eigenvalue weighted by Gasteiger charge is 2.26. The van der Waals surface area contributed by atoms with Crippen LogP contribution in [0.25, 0.3) is 0 Å². The van der Waals surface area contributed by atoms with Gasteiger partial charge in [0.25, 0.3) is 5.91 Å². The third-order valence-electron chi connectivity index (χ3n) is 2.46. The second kappa shape index (κ2) is 5.70. The summed E-state index contributed by atoms with van der Waals surface area (Å²) in [7, 11) is 3.01. The average Bonchev–Trinajstić information content (AvgIpc) is 2.77. The summed E-state index contributed by atoms with van der Waals surface area (Å²) in [6.07, 6.45) is 1.63. The van der Waals surface area contributed by atoms with Crippen LogP contribution in [0.3, 0.4) is 0 Å². The second-order valence-electron chi connectivity index (χ2n) is 3.59. The average molecular weight is 215 g/mol. The minimum absolute atomic E-state index is 0.0450. The van der Waals surface area contributed by atoms with E-state index in [0.717, 1.165) is 12.8 Å². The number of likely N-dealkylation sites (N-methyl/N-ethyl adjacent to an activating group) is 1. The molecule has 15 heavy (non-hydrogen) atoms. The van der Waals surface area contributed by atoms with Gasteiger partial charge in [0.15, 0.2) is 0 Å². The van der Waals surface area contributed by atoms with Crippen molar-refractivity contribution >= 4 is 11.9 Å². The normalized spacial score (nSPS) is 20.0. The monoisotopic (exact) mass is 215 g/mol. The number of esters is 1. The number of hydrogen-bond acceptors (Lipinski definition) is 4. The van der Waals surface area contributed by atoms with Crippen molar-refractivity contribution in [3.05, 3.63) is 0 Å². The molecule has 1 saturated heterocycles. The zero-order valence-electron chi connectivity index (χ0n) is 9.19. The molecule has 0 aromatic carbocycles. The van der Waals surface area contributed by atoms with E-state index in [1.54, 1.807) is 7.05 Å². The first-order chi connectivity index (χ1) is 7.15. The molecule has 86 valence electrons. The highest BCUT2D eigenvalue weighted by Crippen LogP contribution is 2.14. The number of methoxy groups -OCH3 is 1. The Labute approximate surface area is 89.3 Å². The van der Waals surface area contributed by atoms with Crippen LogP contribution in [0.4, 0.5) is 0 Å². The Bertz CT molecular complexity index is 236. The van der Waals surface area contributed by atoms with E-state index in [2.05, 4.69) is 4.74 Å². The summed E-state index contributed by atoms with van der Waals surface area (Å²) >= 11 is 0. The van der Waals surface area contributed by atoms with Crippen molar-refractivity contribution in [3.8, 4) is 0 Å². The van der Waals surface area contributed by atoms with E-state index in [-0.39, 0.29) is 24.4 Å². The van der Waals surface area contributed by atoms with Crippen molar-refractivity contribution in [2.45, 2.75) is 25.4 Å².